The average Bonchev–Trinajstić information content (AvgIpc) is 3.62. The van der Waals surface area contributed by atoms with E-state index in [2.05, 4.69) is 11.8 Å². The number of nitrogens with zero attached hydrogens (tertiary/aromatic N) is 2. The van der Waals surface area contributed by atoms with E-state index in [1.807, 2.05) is 17.0 Å². The Morgan fingerprint density at radius 2 is 1.84 bits per heavy atom. The summed E-state index contributed by atoms with van der Waals surface area (Å²) in [6.45, 7) is 8.17. The molecule has 4 heterocycles. The molecule has 5 aliphatic rings. The van der Waals surface area contributed by atoms with Crippen LogP contribution in [0.3, 0.4) is 0 Å². The number of piperidine rings is 1. The van der Waals surface area contributed by atoms with Gasteiger partial charge in [0.1, 0.15) is 12.0 Å². The molecular weight excluding hydrogens is 552 g/mol. The van der Waals surface area contributed by atoms with Crippen molar-refractivity contribution in [3.8, 4) is 11.5 Å². The van der Waals surface area contributed by atoms with Gasteiger partial charge in [0.15, 0.2) is 23.2 Å². The van der Waals surface area contributed by atoms with Crippen molar-refractivity contribution in [1.29, 1.82) is 0 Å². The lowest BCUT2D eigenvalue weighted by molar-refractivity contribution is -0.181. The van der Waals surface area contributed by atoms with Crippen LogP contribution in [-0.4, -0.2) is 100 Å². The summed E-state index contributed by atoms with van der Waals surface area (Å²) < 4.78 is 23.8. The van der Waals surface area contributed by atoms with Gasteiger partial charge in [0.05, 0.1) is 12.7 Å². The molecule has 10 nitrogen and oxygen atoms in total. The Morgan fingerprint density at radius 1 is 1.09 bits per heavy atom. The first-order chi connectivity index (χ1) is 20.5. The Bertz CT molecular complexity index is 1240. The molecule has 238 valence electrons. The molecule has 0 spiro atoms. The molecule has 6 atom stereocenters. The standard InChI is InChI=1S/C33H48N2O8/c1-20-8-5-6-13-35(20)26(36)18-33(39,12-7-11-32(2,3)38)31(37)43-30-27-23-17-25-24(41-19-42-25)16-21(23)9-14-34-15-10-22(28(27)34)29(30)40-4/h16-17,20,26-28,30,36,38-39H,5-15,18-19H2,1-4H3. The molecule has 6 unspecified atom stereocenters. The van der Waals surface area contributed by atoms with Crippen molar-refractivity contribution in [3.63, 3.8) is 0 Å². The third kappa shape index (κ3) is 5.89. The van der Waals surface area contributed by atoms with E-state index in [4.69, 9.17) is 18.9 Å². The maximum absolute atomic E-state index is 14.2. The van der Waals surface area contributed by atoms with E-state index in [0.717, 1.165) is 67.6 Å². The molecule has 1 aromatic rings. The van der Waals surface area contributed by atoms with Crippen LogP contribution in [0.4, 0.5) is 0 Å². The monoisotopic (exact) mass is 600 g/mol. The van der Waals surface area contributed by atoms with Crippen molar-refractivity contribution in [2.24, 2.45) is 0 Å². The molecule has 0 aromatic heterocycles. The Hall–Kier alpha value is -2.37. The highest BCUT2D eigenvalue weighted by Crippen LogP contribution is 2.52. The summed E-state index contributed by atoms with van der Waals surface area (Å²) in [7, 11) is 1.62. The third-order valence-corrected chi connectivity index (χ3v) is 10.3. The van der Waals surface area contributed by atoms with Crippen molar-refractivity contribution in [2.45, 2.75) is 120 Å². The zero-order chi connectivity index (χ0) is 30.5. The second-order valence-electron chi connectivity index (χ2n) is 13.8. The van der Waals surface area contributed by atoms with Gasteiger partial charge >= 0.3 is 5.97 Å². The van der Waals surface area contributed by atoms with E-state index in [1.165, 1.54) is 0 Å². The van der Waals surface area contributed by atoms with Crippen molar-refractivity contribution in [2.75, 3.05) is 33.5 Å². The van der Waals surface area contributed by atoms with Crippen LogP contribution in [0.1, 0.15) is 89.2 Å². The van der Waals surface area contributed by atoms with E-state index in [-0.39, 0.29) is 37.6 Å². The number of methoxy groups -OCH3 is 1. The lowest BCUT2D eigenvalue weighted by atomic mass is 9.86. The highest BCUT2D eigenvalue weighted by molar-refractivity contribution is 5.80. The number of benzene rings is 1. The van der Waals surface area contributed by atoms with Gasteiger partial charge in [0.2, 0.25) is 6.79 Å². The van der Waals surface area contributed by atoms with Gasteiger partial charge in [-0.3, -0.25) is 9.80 Å². The number of likely N-dealkylation sites (tertiary alicyclic amines) is 1. The number of esters is 1. The Labute approximate surface area is 254 Å². The Balaban J connectivity index is 1.31. The van der Waals surface area contributed by atoms with Crippen LogP contribution in [-0.2, 0) is 20.7 Å². The molecule has 3 N–H and O–H groups in total. The summed E-state index contributed by atoms with van der Waals surface area (Å²) in [6, 6.07) is 4.25. The largest absolute Gasteiger partial charge is 0.497 e. The minimum Gasteiger partial charge on any atom is -0.497 e. The van der Waals surface area contributed by atoms with E-state index in [0.29, 0.717) is 30.9 Å². The molecule has 0 amide bonds. The number of carbonyl (C=O) groups is 1. The predicted octanol–water partition coefficient (Wildman–Crippen LogP) is 3.21. The summed E-state index contributed by atoms with van der Waals surface area (Å²) in [5.41, 5.74) is 0.445. The van der Waals surface area contributed by atoms with Crippen LogP contribution >= 0.6 is 0 Å². The minimum atomic E-state index is -1.94. The first-order valence-corrected chi connectivity index (χ1v) is 16.0. The van der Waals surface area contributed by atoms with Crippen LogP contribution in [0.15, 0.2) is 23.5 Å². The van der Waals surface area contributed by atoms with Gasteiger partial charge in [-0.15, -0.1) is 0 Å². The van der Waals surface area contributed by atoms with Gasteiger partial charge < -0.3 is 34.3 Å². The molecule has 4 aliphatic heterocycles. The first kappa shape index (κ1) is 30.6. The van der Waals surface area contributed by atoms with E-state index in [9.17, 15) is 20.1 Å². The molecular formula is C33H48N2O8. The fourth-order valence-electron chi connectivity index (χ4n) is 8.05. The van der Waals surface area contributed by atoms with Gasteiger partial charge in [-0.2, -0.15) is 0 Å². The smallest absolute Gasteiger partial charge is 0.339 e. The summed E-state index contributed by atoms with van der Waals surface area (Å²) in [5.74, 6) is 1.08. The fourth-order valence-corrected chi connectivity index (χ4v) is 8.05. The van der Waals surface area contributed by atoms with Crippen LogP contribution in [0.2, 0.25) is 0 Å². The quantitative estimate of drug-likeness (QED) is 0.345. The van der Waals surface area contributed by atoms with Crippen molar-refractivity contribution < 1.29 is 39.1 Å². The second kappa shape index (κ2) is 11.9. The van der Waals surface area contributed by atoms with E-state index in [1.54, 1.807) is 21.0 Å². The maximum Gasteiger partial charge on any atom is 0.339 e. The molecule has 0 bridgehead atoms. The van der Waals surface area contributed by atoms with E-state index < -0.39 is 29.5 Å². The molecule has 1 aliphatic carbocycles. The predicted molar refractivity (Wildman–Crippen MR) is 159 cm³/mol. The zero-order valence-electron chi connectivity index (χ0n) is 26.0. The van der Waals surface area contributed by atoms with Gasteiger partial charge in [-0.05, 0) is 94.5 Å². The maximum atomic E-state index is 14.2. The molecule has 2 saturated heterocycles. The van der Waals surface area contributed by atoms with Crippen molar-refractivity contribution in [3.05, 3.63) is 34.6 Å². The molecule has 0 radical (unpaired) electrons. The SMILES string of the molecule is COC1=C2CCN3CCc4cc5c(cc4C(C1OC(=O)C(O)(CCCC(C)(C)O)CC(O)N1CCCCC1C)C23)OCO5. The van der Waals surface area contributed by atoms with E-state index >= 15 is 0 Å². The van der Waals surface area contributed by atoms with Crippen LogP contribution in [0.25, 0.3) is 0 Å². The van der Waals surface area contributed by atoms with Crippen LogP contribution in [0, 0.1) is 0 Å². The van der Waals surface area contributed by atoms with Crippen molar-refractivity contribution in [1.82, 2.24) is 9.80 Å². The summed E-state index contributed by atoms with van der Waals surface area (Å²) in [6.07, 6.45) is 3.67. The molecule has 1 aromatic carbocycles. The molecule has 2 fully saturated rings. The molecule has 43 heavy (non-hydrogen) atoms. The summed E-state index contributed by atoms with van der Waals surface area (Å²) in [5, 5.41) is 33.7. The number of carbonyl (C=O) groups excluding carboxylic acids is 1. The summed E-state index contributed by atoms with van der Waals surface area (Å²) >= 11 is 0. The molecule has 6 rings (SSSR count). The third-order valence-electron chi connectivity index (χ3n) is 10.3. The lowest BCUT2D eigenvalue weighted by Gasteiger charge is -2.40. The number of rotatable bonds is 10. The second-order valence-corrected chi connectivity index (χ2v) is 13.8. The number of aliphatic hydroxyl groups excluding tert-OH is 1. The molecule has 0 saturated carbocycles. The normalized spacial score (nSPS) is 29.1. The Kier molecular flexibility index (Phi) is 8.45. The lowest BCUT2D eigenvalue weighted by Crippen LogP contribution is -2.52. The van der Waals surface area contributed by atoms with Gasteiger partial charge in [-0.1, -0.05) is 6.42 Å². The number of ether oxygens (including phenoxy) is 4. The van der Waals surface area contributed by atoms with Gasteiger partial charge in [0, 0.05) is 44.1 Å². The number of hydrogen-bond donors (Lipinski definition) is 3. The van der Waals surface area contributed by atoms with Gasteiger partial charge in [0.25, 0.3) is 0 Å². The van der Waals surface area contributed by atoms with Crippen LogP contribution < -0.4 is 9.47 Å². The minimum absolute atomic E-state index is 0.0254. The first-order valence-electron chi connectivity index (χ1n) is 16.0. The summed E-state index contributed by atoms with van der Waals surface area (Å²) in [4.78, 5) is 18.6. The van der Waals surface area contributed by atoms with Crippen molar-refractivity contribution >= 4 is 5.97 Å². The zero-order valence-corrected chi connectivity index (χ0v) is 26.0. The number of hydrogen-bond acceptors (Lipinski definition) is 10. The highest BCUT2D eigenvalue weighted by atomic mass is 16.7. The molecule has 10 heteroatoms. The van der Waals surface area contributed by atoms with Crippen LogP contribution in [0.5, 0.6) is 11.5 Å². The fraction of sp³-hybridized carbons (Fsp3) is 0.727. The van der Waals surface area contributed by atoms with Gasteiger partial charge in [-0.25, -0.2) is 4.79 Å². The number of fused-ring (bicyclic) bond motifs is 3. The highest BCUT2D eigenvalue weighted by Gasteiger charge is 2.55. The average molecular weight is 601 g/mol. The Morgan fingerprint density at radius 3 is 2.56 bits per heavy atom. The number of aliphatic hydroxyl groups is 3. The topological polar surface area (TPSA) is 121 Å².